The van der Waals surface area contributed by atoms with Gasteiger partial charge in [0.25, 0.3) is 5.69 Å². The summed E-state index contributed by atoms with van der Waals surface area (Å²) >= 11 is 7.33. The van der Waals surface area contributed by atoms with Crippen molar-refractivity contribution in [3.63, 3.8) is 0 Å². The molecule has 0 aliphatic rings. The molecule has 0 radical (unpaired) electrons. The summed E-state index contributed by atoms with van der Waals surface area (Å²) < 4.78 is 0. The number of nitro groups is 1. The Morgan fingerprint density at radius 1 is 1.38 bits per heavy atom. The Morgan fingerprint density at radius 3 is 2.81 bits per heavy atom. The first-order chi connectivity index (χ1) is 9.95. The van der Waals surface area contributed by atoms with Crippen LogP contribution in [0.3, 0.4) is 0 Å². The smallest absolute Gasteiger partial charge is 0.271 e. The summed E-state index contributed by atoms with van der Waals surface area (Å²) in [6.45, 7) is 4.98. The van der Waals surface area contributed by atoms with Gasteiger partial charge >= 0.3 is 0 Å². The Hall–Kier alpha value is -1.57. The van der Waals surface area contributed by atoms with Gasteiger partial charge in [0.05, 0.1) is 4.92 Å². The first-order valence-corrected chi connectivity index (χ1v) is 7.66. The second kappa shape index (κ2) is 6.93. The van der Waals surface area contributed by atoms with Crippen molar-refractivity contribution < 1.29 is 4.92 Å². The summed E-state index contributed by atoms with van der Waals surface area (Å²) in [5.41, 5.74) is 0.575. The van der Waals surface area contributed by atoms with Gasteiger partial charge in [0.2, 0.25) is 0 Å². The normalized spacial score (nSPS) is 11.0. The van der Waals surface area contributed by atoms with E-state index in [9.17, 15) is 10.1 Å². The van der Waals surface area contributed by atoms with Crippen LogP contribution >= 0.6 is 22.9 Å². The van der Waals surface area contributed by atoms with Crippen molar-refractivity contribution in [1.82, 2.24) is 15.5 Å². The van der Waals surface area contributed by atoms with E-state index in [1.807, 2.05) is 0 Å². The predicted molar refractivity (Wildman–Crippen MR) is 83.9 cm³/mol. The second-order valence-electron chi connectivity index (χ2n) is 4.81. The average Bonchev–Trinajstić information content (AvgIpc) is 2.86. The number of aromatic nitrogens is 2. The van der Waals surface area contributed by atoms with Crippen LogP contribution in [-0.4, -0.2) is 27.7 Å². The van der Waals surface area contributed by atoms with Gasteiger partial charge < -0.3 is 5.32 Å². The lowest BCUT2D eigenvalue weighted by Crippen LogP contribution is -2.24. The number of nitrogens with zero attached hydrogens (tertiary/aromatic N) is 3. The average molecular weight is 327 g/mol. The van der Waals surface area contributed by atoms with Crippen molar-refractivity contribution in [2.24, 2.45) is 0 Å². The van der Waals surface area contributed by atoms with E-state index in [-0.39, 0.29) is 5.69 Å². The van der Waals surface area contributed by atoms with Crippen LogP contribution in [0, 0.1) is 10.1 Å². The largest absolute Gasteiger partial charge is 0.314 e. The maximum Gasteiger partial charge on any atom is 0.271 e. The molecular formula is C13H15ClN4O2S. The van der Waals surface area contributed by atoms with Crippen LogP contribution in [0.25, 0.3) is 10.6 Å². The van der Waals surface area contributed by atoms with Gasteiger partial charge in [0.1, 0.15) is 10.0 Å². The van der Waals surface area contributed by atoms with Gasteiger partial charge in [-0.05, 0) is 6.07 Å². The molecule has 8 heteroatoms. The van der Waals surface area contributed by atoms with Crippen molar-refractivity contribution >= 4 is 28.6 Å². The SMILES string of the molecule is CC(C)NCCc1nnc(-c2cc(Cl)cc([N+](=O)[O-])c2)s1. The summed E-state index contributed by atoms with van der Waals surface area (Å²) in [6, 6.07) is 4.86. The third-order valence-electron chi connectivity index (χ3n) is 2.70. The molecule has 0 saturated carbocycles. The Labute approximate surface area is 131 Å². The van der Waals surface area contributed by atoms with Crippen LogP contribution in [0.5, 0.6) is 0 Å². The van der Waals surface area contributed by atoms with Crippen LogP contribution in [-0.2, 0) is 6.42 Å². The molecular weight excluding hydrogens is 312 g/mol. The molecule has 0 spiro atoms. The number of nitro benzene ring substituents is 1. The summed E-state index contributed by atoms with van der Waals surface area (Å²) in [5.74, 6) is 0. The van der Waals surface area contributed by atoms with Gasteiger partial charge in [0, 0.05) is 41.7 Å². The molecule has 0 aliphatic heterocycles. The number of rotatable bonds is 6. The molecule has 0 bridgehead atoms. The minimum atomic E-state index is -0.468. The first kappa shape index (κ1) is 15.8. The van der Waals surface area contributed by atoms with Crippen molar-refractivity contribution in [2.75, 3.05) is 6.54 Å². The molecule has 1 aromatic heterocycles. The van der Waals surface area contributed by atoms with Gasteiger partial charge in [-0.3, -0.25) is 10.1 Å². The Bertz CT molecular complexity index is 645. The number of hydrogen-bond acceptors (Lipinski definition) is 6. The fourth-order valence-electron chi connectivity index (χ4n) is 1.74. The van der Waals surface area contributed by atoms with E-state index in [0.29, 0.717) is 21.6 Å². The fraction of sp³-hybridized carbons (Fsp3) is 0.385. The van der Waals surface area contributed by atoms with Crippen molar-refractivity contribution in [3.8, 4) is 10.6 Å². The second-order valence-corrected chi connectivity index (χ2v) is 6.31. The van der Waals surface area contributed by atoms with Gasteiger partial charge in [-0.2, -0.15) is 0 Å². The topological polar surface area (TPSA) is 81.0 Å². The van der Waals surface area contributed by atoms with E-state index in [0.717, 1.165) is 18.0 Å². The highest BCUT2D eigenvalue weighted by Crippen LogP contribution is 2.30. The van der Waals surface area contributed by atoms with Crippen molar-refractivity contribution in [2.45, 2.75) is 26.3 Å². The lowest BCUT2D eigenvalue weighted by atomic mass is 10.2. The molecule has 1 N–H and O–H groups in total. The van der Waals surface area contributed by atoms with Crippen LogP contribution < -0.4 is 5.32 Å². The van der Waals surface area contributed by atoms with E-state index in [1.54, 1.807) is 6.07 Å². The molecule has 21 heavy (non-hydrogen) atoms. The van der Waals surface area contributed by atoms with Crippen molar-refractivity contribution in [3.05, 3.63) is 38.3 Å². The molecule has 112 valence electrons. The number of non-ortho nitro benzene ring substituents is 1. The standard InChI is InChI=1S/C13H15ClN4O2S/c1-8(2)15-4-3-12-16-17-13(21-12)9-5-10(14)7-11(6-9)18(19)20/h5-8,15H,3-4H2,1-2H3. The molecule has 0 fully saturated rings. The lowest BCUT2D eigenvalue weighted by molar-refractivity contribution is -0.384. The Kier molecular flexibility index (Phi) is 5.22. The zero-order valence-electron chi connectivity index (χ0n) is 11.7. The van der Waals surface area contributed by atoms with E-state index in [2.05, 4.69) is 29.4 Å². The predicted octanol–water partition coefficient (Wildman–Crippen LogP) is 3.31. The lowest BCUT2D eigenvalue weighted by Gasteiger charge is -2.05. The van der Waals surface area contributed by atoms with Gasteiger partial charge in [0.15, 0.2) is 0 Å². The fourth-order valence-corrected chi connectivity index (χ4v) is 2.80. The molecule has 6 nitrogen and oxygen atoms in total. The van der Waals surface area contributed by atoms with Crippen LogP contribution in [0.15, 0.2) is 18.2 Å². The van der Waals surface area contributed by atoms with Crippen LogP contribution in [0.2, 0.25) is 5.02 Å². The molecule has 0 atom stereocenters. The number of nitrogens with one attached hydrogen (secondary N) is 1. The quantitative estimate of drug-likeness (QED) is 0.650. The number of hydrogen-bond donors (Lipinski definition) is 1. The summed E-state index contributed by atoms with van der Waals surface area (Å²) in [5, 5.41) is 24.2. The highest BCUT2D eigenvalue weighted by Gasteiger charge is 2.13. The van der Waals surface area contributed by atoms with Crippen LogP contribution in [0.4, 0.5) is 5.69 Å². The minimum Gasteiger partial charge on any atom is -0.314 e. The van der Waals surface area contributed by atoms with Crippen LogP contribution in [0.1, 0.15) is 18.9 Å². The maximum absolute atomic E-state index is 10.9. The molecule has 1 heterocycles. The summed E-state index contributed by atoms with van der Waals surface area (Å²) in [4.78, 5) is 10.4. The Balaban J connectivity index is 2.15. The van der Waals surface area contributed by atoms with Crippen molar-refractivity contribution in [1.29, 1.82) is 0 Å². The third kappa shape index (κ3) is 4.45. The molecule has 0 saturated heterocycles. The Morgan fingerprint density at radius 2 is 2.14 bits per heavy atom. The van der Waals surface area contributed by atoms with E-state index in [1.165, 1.54) is 23.5 Å². The minimum absolute atomic E-state index is 0.0456. The molecule has 0 unspecified atom stereocenters. The zero-order chi connectivity index (χ0) is 15.4. The van der Waals surface area contributed by atoms with Gasteiger partial charge in [-0.15, -0.1) is 10.2 Å². The first-order valence-electron chi connectivity index (χ1n) is 6.47. The summed E-state index contributed by atoms with van der Waals surface area (Å²) in [6.07, 6.45) is 0.776. The monoisotopic (exact) mass is 326 g/mol. The molecule has 2 rings (SSSR count). The maximum atomic E-state index is 10.9. The number of halogens is 1. The summed E-state index contributed by atoms with van der Waals surface area (Å²) in [7, 11) is 0. The number of benzene rings is 1. The third-order valence-corrected chi connectivity index (χ3v) is 3.95. The molecule has 0 amide bonds. The van der Waals surface area contributed by atoms with E-state index >= 15 is 0 Å². The molecule has 0 aliphatic carbocycles. The van der Waals surface area contributed by atoms with E-state index in [4.69, 9.17) is 11.6 Å². The molecule has 2 aromatic rings. The van der Waals surface area contributed by atoms with Gasteiger partial charge in [-0.1, -0.05) is 36.8 Å². The highest BCUT2D eigenvalue weighted by atomic mass is 35.5. The highest BCUT2D eigenvalue weighted by molar-refractivity contribution is 7.14. The van der Waals surface area contributed by atoms with E-state index < -0.39 is 4.92 Å². The van der Waals surface area contributed by atoms with Gasteiger partial charge in [-0.25, -0.2) is 0 Å². The zero-order valence-corrected chi connectivity index (χ0v) is 13.2. The molecule has 1 aromatic carbocycles.